The van der Waals surface area contributed by atoms with Gasteiger partial charge in [0, 0.05) is 0 Å². The quantitative estimate of drug-likeness (QED) is 0.370. The third-order valence-electron chi connectivity index (χ3n) is 4.72. The number of aliphatic carboxylic acids is 1. The first-order valence-corrected chi connectivity index (χ1v) is 12.5. The predicted octanol–water partition coefficient (Wildman–Crippen LogP) is 4.74. The normalized spacial score (nSPS) is 14.0. The molecule has 1 aromatic heterocycles. The largest absolute Gasteiger partial charge is 0.480 e. The lowest BCUT2D eigenvalue weighted by Gasteiger charge is -2.29. The molecule has 3 N–H and O–H groups in total. The van der Waals surface area contributed by atoms with Crippen LogP contribution in [-0.4, -0.2) is 34.6 Å². The maximum Gasteiger partial charge on any atom is 0.327 e. The van der Waals surface area contributed by atoms with Crippen LogP contribution in [0, 0.1) is 5.92 Å². The first-order valence-electron chi connectivity index (χ1n) is 9.48. The number of rotatable bonds is 9. The van der Waals surface area contributed by atoms with Crippen molar-refractivity contribution >= 4 is 56.2 Å². The minimum absolute atomic E-state index is 0.312. The van der Waals surface area contributed by atoms with Crippen molar-refractivity contribution in [3.05, 3.63) is 66.0 Å². The zero-order valence-electron chi connectivity index (χ0n) is 17.2. The van der Waals surface area contributed by atoms with Crippen LogP contribution in [0.3, 0.4) is 0 Å². The fourth-order valence-corrected chi connectivity index (χ4v) is 5.60. The van der Waals surface area contributed by atoms with Gasteiger partial charge >= 0.3 is 5.97 Å². The number of hydrogen-bond donors (Lipinski definition) is 3. The molecule has 2 aromatic carbocycles. The second kappa shape index (κ2) is 10.4. The van der Waals surface area contributed by atoms with Crippen LogP contribution in [0.2, 0.25) is 0 Å². The Bertz CT molecular complexity index is 1100. The molecule has 0 bridgehead atoms. The number of carboxylic acid groups (broad SMARTS) is 1. The fraction of sp³-hybridized carbons (Fsp3) is 0.190. The highest BCUT2D eigenvalue weighted by atomic mass is 32.2. The number of carbonyl (C=O) groups is 1. The third kappa shape index (κ3) is 5.25. The molecule has 3 unspecified atom stereocenters. The number of hydrogen-bond acceptors (Lipinski definition) is 4. The van der Waals surface area contributed by atoms with E-state index in [9.17, 15) is 27.4 Å². The van der Waals surface area contributed by atoms with Gasteiger partial charge < -0.3 is 5.11 Å². The molecule has 0 amide bonds. The van der Waals surface area contributed by atoms with E-state index in [-0.39, 0.29) is 5.92 Å². The summed E-state index contributed by atoms with van der Waals surface area (Å²) in [5.41, 5.74) is 2.49. The van der Waals surface area contributed by atoms with E-state index < -0.39 is 34.5 Å². The van der Waals surface area contributed by atoms with Crippen LogP contribution in [0.15, 0.2) is 66.0 Å². The summed E-state index contributed by atoms with van der Waals surface area (Å²) in [5, 5.41) is 12.0. The molecule has 0 fully saturated rings. The third-order valence-corrected chi connectivity index (χ3v) is 7.19. The molecule has 0 aliphatic carbocycles. The van der Waals surface area contributed by atoms with Crippen LogP contribution in [0.4, 0.5) is 16.4 Å². The van der Waals surface area contributed by atoms with Crippen molar-refractivity contribution in [2.45, 2.75) is 19.9 Å². The van der Waals surface area contributed by atoms with Gasteiger partial charge in [0.05, 0.1) is 11.4 Å². The van der Waals surface area contributed by atoms with Gasteiger partial charge in [-0.2, -0.15) is 0 Å². The zero-order chi connectivity index (χ0) is 23.4. The summed E-state index contributed by atoms with van der Waals surface area (Å²) in [5.74, 6) is -1.57. The van der Waals surface area contributed by atoms with Gasteiger partial charge in [-0.15, -0.1) is 11.3 Å². The molecule has 3 aromatic rings. The van der Waals surface area contributed by atoms with Crippen LogP contribution >= 0.6 is 11.3 Å². The Balaban J connectivity index is 1.88. The molecule has 0 radical (unpaired) electrons. The first kappa shape index (κ1) is 24.1. The van der Waals surface area contributed by atoms with Crippen LogP contribution in [-0.2, 0) is 27.3 Å². The molecule has 3 atom stereocenters. The minimum Gasteiger partial charge on any atom is -0.480 e. The zero-order valence-corrected chi connectivity index (χ0v) is 19.6. The van der Waals surface area contributed by atoms with Crippen molar-refractivity contribution in [3.8, 4) is 11.1 Å². The summed E-state index contributed by atoms with van der Waals surface area (Å²) in [7, 11) is 0. The van der Waals surface area contributed by atoms with E-state index in [1.807, 2.05) is 5.38 Å². The van der Waals surface area contributed by atoms with Gasteiger partial charge in [-0.3, -0.25) is 13.4 Å². The van der Waals surface area contributed by atoms with Crippen LogP contribution < -0.4 is 8.61 Å². The molecular weight excluding hydrogens is 472 g/mol. The van der Waals surface area contributed by atoms with E-state index in [0.717, 1.165) is 15.4 Å². The highest BCUT2D eigenvalue weighted by Gasteiger charge is 2.32. The molecule has 3 rings (SSSR count). The Kier molecular flexibility index (Phi) is 7.80. The van der Waals surface area contributed by atoms with Crippen molar-refractivity contribution < 1.29 is 27.4 Å². The van der Waals surface area contributed by atoms with E-state index in [1.54, 1.807) is 74.5 Å². The molecule has 11 heteroatoms. The van der Waals surface area contributed by atoms with Crippen molar-refractivity contribution in [1.82, 2.24) is 0 Å². The van der Waals surface area contributed by atoms with Gasteiger partial charge in [-0.1, -0.05) is 38.1 Å². The van der Waals surface area contributed by atoms with Gasteiger partial charge in [0.15, 0.2) is 0 Å². The smallest absolute Gasteiger partial charge is 0.327 e. The average Bonchev–Trinajstić information content (AvgIpc) is 3.26. The van der Waals surface area contributed by atoms with E-state index >= 15 is 0 Å². The predicted molar refractivity (Wildman–Crippen MR) is 129 cm³/mol. The molecule has 0 spiro atoms. The second-order valence-electron chi connectivity index (χ2n) is 7.15. The summed E-state index contributed by atoms with van der Waals surface area (Å²) in [6, 6.07) is 16.1. The topological polar surface area (TPSA) is 118 Å². The maximum absolute atomic E-state index is 11.9. The van der Waals surface area contributed by atoms with Crippen LogP contribution in [0.5, 0.6) is 0 Å². The summed E-state index contributed by atoms with van der Waals surface area (Å²) < 4.78 is 45.4. The van der Waals surface area contributed by atoms with E-state index in [2.05, 4.69) is 0 Å². The highest BCUT2D eigenvalue weighted by Crippen LogP contribution is 2.33. The Morgan fingerprint density at radius 1 is 0.875 bits per heavy atom. The average molecular weight is 495 g/mol. The molecule has 0 aliphatic heterocycles. The van der Waals surface area contributed by atoms with Gasteiger partial charge in [0.1, 0.15) is 11.0 Å². The number of nitrogens with zero attached hydrogens (tertiary/aromatic N) is 2. The molecule has 170 valence electrons. The van der Waals surface area contributed by atoms with E-state index in [1.165, 1.54) is 15.6 Å². The summed E-state index contributed by atoms with van der Waals surface area (Å²) in [6.07, 6.45) is 0. The van der Waals surface area contributed by atoms with Crippen molar-refractivity contribution in [2.24, 2.45) is 5.92 Å². The van der Waals surface area contributed by atoms with E-state index in [4.69, 9.17) is 0 Å². The molecule has 0 aliphatic rings. The van der Waals surface area contributed by atoms with Gasteiger partial charge in [0.2, 0.25) is 0 Å². The summed E-state index contributed by atoms with van der Waals surface area (Å²) in [4.78, 5) is 11.6. The SMILES string of the molecule is CC(C)C(C(=O)O)N(c1ccc(-c2ccc(N(c3cccs3)S(=O)O)cc2)cc1)S(=O)O. The van der Waals surface area contributed by atoms with E-state index in [0.29, 0.717) is 16.4 Å². The number of thiophene rings is 1. The molecule has 0 saturated heterocycles. The fourth-order valence-electron chi connectivity index (χ4n) is 3.27. The number of benzene rings is 2. The Hall–Kier alpha value is -2.57. The minimum atomic E-state index is -2.51. The molecular formula is C21H22N2O6S3. The van der Waals surface area contributed by atoms with Crippen LogP contribution in [0.25, 0.3) is 11.1 Å². The van der Waals surface area contributed by atoms with Crippen molar-refractivity contribution in [2.75, 3.05) is 8.61 Å². The lowest BCUT2D eigenvalue weighted by atomic mass is 10.0. The lowest BCUT2D eigenvalue weighted by molar-refractivity contribution is -0.139. The maximum atomic E-state index is 11.9. The van der Waals surface area contributed by atoms with Crippen molar-refractivity contribution in [1.29, 1.82) is 0 Å². The standard InChI is InChI=1S/C21H22N2O6S3/c1-14(2)20(21(24)25)23(32(28)29)18-11-7-16(8-12-18)15-5-9-17(10-6-15)22(31(26)27)19-4-3-13-30-19/h3-14,20H,1-2H3,(H,24,25)(H,26,27)(H,28,29). The molecule has 8 nitrogen and oxygen atoms in total. The molecule has 1 heterocycles. The van der Waals surface area contributed by atoms with Gasteiger partial charge in [-0.05, 0) is 58.8 Å². The number of carboxylic acids is 1. The summed E-state index contributed by atoms with van der Waals surface area (Å²) >= 11 is -3.38. The van der Waals surface area contributed by atoms with Gasteiger partial charge in [-0.25, -0.2) is 17.5 Å². The molecule has 32 heavy (non-hydrogen) atoms. The Morgan fingerprint density at radius 2 is 1.41 bits per heavy atom. The number of anilines is 3. The molecule has 0 saturated carbocycles. The highest BCUT2D eigenvalue weighted by molar-refractivity contribution is 7.81. The Morgan fingerprint density at radius 3 is 1.78 bits per heavy atom. The van der Waals surface area contributed by atoms with Crippen molar-refractivity contribution in [3.63, 3.8) is 0 Å². The second-order valence-corrected chi connectivity index (χ2v) is 9.76. The monoisotopic (exact) mass is 494 g/mol. The lowest BCUT2D eigenvalue weighted by Crippen LogP contribution is -2.45. The van der Waals surface area contributed by atoms with Gasteiger partial charge in [0.25, 0.3) is 22.5 Å². The summed E-state index contributed by atoms with van der Waals surface area (Å²) in [6.45, 7) is 3.35. The Labute approximate surface area is 195 Å². The van der Waals surface area contributed by atoms with Crippen LogP contribution in [0.1, 0.15) is 13.8 Å². The first-order chi connectivity index (χ1) is 15.2.